The predicted octanol–water partition coefficient (Wildman–Crippen LogP) is 3.08. The monoisotopic (exact) mass is 352 g/mol. The summed E-state index contributed by atoms with van der Waals surface area (Å²) in [5.41, 5.74) is -0.121. The minimum atomic E-state index is -0.864. The fraction of sp³-hybridized carbons (Fsp3) is 0.357. The van der Waals surface area contributed by atoms with Crippen LogP contribution in [0.2, 0.25) is 0 Å². The second kappa shape index (κ2) is 6.26. The number of ether oxygens (including phenoxy) is 1. The summed E-state index contributed by atoms with van der Waals surface area (Å²) in [6.07, 6.45) is 5.08. The van der Waals surface area contributed by atoms with Gasteiger partial charge in [-0.1, -0.05) is 0 Å². The molecule has 2 heterocycles. The van der Waals surface area contributed by atoms with Gasteiger partial charge in [-0.05, 0) is 48.8 Å². The number of anilines is 2. The Bertz CT molecular complexity index is 639. The first-order valence-corrected chi connectivity index (χ1v) is 7.34. The number of rotatable bonds is 5. The summed E-state index contributed by atoms with van der Waals surface area (Å²) >= 11 is 3.42. The van der Waals surface area contributed by atoms with Crippen LogP contribution in [0.3, 0.4) is 0 Å². The molecule has 0 fully saturated rings. The first-order valence-electron chi connectivity index (χ1n) is 6.55. The fourth-order valence-corrected chi connectivity index (χ4v) is 2.06. The number of nitrogens with zero attached hydrogens (tertiary/aromatic N) is 3. The van der Waals surface area contributed by atoms with Crippen LogP contribution in [0.15, 0.2) is 35.2 Å². The van der Waals surface area contributed by atoms with Crippen molar-refractivity contribution >= 4 is 33.4 Å². The molecule has 0 aliphatic heterocycles. The number of esters is 1. The molecule has 0 saturated heterocycles. The summed E-state index contributed by atoms with van der Waals surface area (Å²) < 4.78 is 7.49. The molecule has 0 unspecified atom stereocenters. The van der Waals surface area contributed by atoms with E-state index in [9.17, 15) is 4.79 Å². The number of aromatic nitrogens is 3. The molecule has 2 aromatic rings. The molecule has 0 spiro atoms. The number of carbonyl (C=O) groups excluding carboxylic acids is 1. The number of hydrogen-bond acceptors (Lipinski definition) is 5. The summed E-state index contributed by atoms with van der Waals surface area (Å²) in [6, 6.07) is 3.73. The van der Waals surface area contributed by atoms with Crippen molar-refractivity contribution in [1.29, 1.82) is 0 Å². The van der Waals surface area contributed by atoms with E-state index in [4.69, 9.17) is 4.74 Å². The summed E-state index contributed by atoms with van der Waals surface area (Å²) in [4.78, 5) is 16.2. The maximum Gasteiger partial charge on any atom is 0.333 e. The average Bonchev–Trinajstić information content (AvgIpc) is 2.91. The van der Waals surface area contributed by atoms with Crippen LogP contribution in [0.1, 0.15) is 20.8 Å². The standard InChI is InChI=1S/C14H17BrN4O2/c1-4-21-13(20)14(2,3)19-9-10(8-17-19)18-12-11(15)6-5-7-16-12/h5-9H,4H2,1-3H3,(H,16,18). The van der Waals surface area contributed by atoms with Crippen molar-refractivity contribution < 1.29 is 9.53 Å². The molecular formula is C14H17BrN4O2. The Labute approximate surface area is 131 Å². The lowest BCUT2D eigenvalue weighted by atomic mass is 10.1. The normalized spacial score (nSPS) is 11.2. The SMILES string of the molecule is CCOC(=O)C(C)(C)n1cc(Nc2ncccc2Br)cn1. The van der Waals surface area contributed by atoms with E-state index < -0.39 is 5.54 Å². The van der Waals surface area contributed by atoms with Gasteiger partial charge in [-0.25, -0.2) is 9.78 Å². The topological polar surface area (TPSA) is 69.0 Å². The summed E-state index contributed by atoms with van der Waals surface area (Å²) in [6.45, 7) is 5.65. The van der Waals surface area contributed by atoms with Crippen molar-refractivity contribution in [3.63, 3.8) is 0 Å². The van der Waals surface area contributed by atoms with Gasteiger partial charge in [0, 0.05) is 12.4 Å². The largest absolute Gasteiger partial charge is 0.464 e. The van der Waals surface area contributed by atoms with Gasteiger partial charge in [-0.15, -0.1) is 0 Å². The van der Waals surface area contributed by atoms with Gasteiger partial charge in [0.2, 0.25) is 0 Å². The Hall–Kier alpha value is -1.89. The highest BCUT2D eigenvalue weighted by Gasteiger charge is 2.32. The van der Waals surface area contributed by atoms with Gasteiger partial charge in [-0.3, -0.25) is 4.68 Å². The smallest absolute Gasteiger partial charge is 0.333 e. The van der Waals surface area contributed by atoms with E-state index in [1.807, 2.05) is 12.1 Å². The summed E-state index contributed by atoms with van der Waals surface area (Å²) in [7, 11) is 0. The zero-order valence-electron chi connectivity index (χ0n) is 12.1. The minimum absolute atomic E-state index is 0.321. The Morgan fingerprint density at radius 1 is 1.52 bits per heavy atom. The van der Waals surface area contributed by atoms with Crippen molar-refractivity contribution in [2.45, 2.75) is 26.3 Å². The van der Waals surface area contributed by atoms with Gasteiger partial charge in [0.25, 0.3) is 0 Å². The molecular weight excluding hydrogens is 336 g/mol. The highest BCUT2D eigenvalue weighted by atomic mass is 79.9. The third-order valence-electron chi connectivity index (χ3n) is 2.95. The van der Waals surface area contributed by atoms with Gasteiger partial charge in [-0.2, -0.15) is 5.10 Å². The third-order valence-corrected chi connectivity index (χ3v) is 3.59. The molecule has 0 aliphatic rings. The van der Waals surface area contributed by atoms with E-state index >= 15 is 0 Å². The fourth-order valence-electron chi connectivity index (χ4n) is 1.71. The molecule has 0 bridgehead atoms. The molecule has 2 rings (SSSR count). The van der Waals surface area contributed by atoms with Crippen molar-refractivity contribution in [1.82, 2.24) is 14.8 Å². The van der Waals surface area contributed by atoms with Crippen LogP contribution in [0.5, 0.6) is 0 Å². The molecule has 21 heavy (non-hydrogen) atoms. The number of carbonyl (C=O) groups is 1. The molecule has 6 nitrogen and oxygen atoms in total. The van der Waals surface area contributed by atoms with Crippen LogP contribution in [-0.4, -0.2) is 27.3 Å². The highest BCUT2D eigenvalue weighted by Crippen LogP contribution is 2.24. The molecule has 0 aromatic carbocycles. The third kappa shape index (κ3) is 3.41. The molecule has 7 heteroatoms. The molecule has 1 N–H and O–H groups in total. The Morgan fingerprint density at radius 3 is 2.95 bits per heavy atom. The molecule has 0 amide bonds. The van der Waals surface area contributed by atoms with Crippen molar-refractivity contribution in [3.05, 3.63) is 35.2 Å². The van der Waals surface area contributed by atoms with Crippen molar-refractivity contribution in [3.8, 4) is 0 Å². The quantitative estimate of drug-likeness (QED) is 0.837. The maximum atomic E-state index is 12.0. The molecule has 0 radical (unpaired) electrons. The minimum Gasteiger partial charge on any atom is -0.464 e. The first-order chi connectivity index (χ1) is 9.95. The van der Waals surface area contributed by atoms with E-state index in [1.54, 1.807) is 44.0 Å². The van der Waals surface area contributed by atoms with Crippen LogP contribution in [-0.2, 0) is 15.1 Å². The zero-order chi connectivity index (χ0) is 15.5. The van der Waals surface area contributed by atoms with Crippen LogP contribution in [0.25, 0.3) is 0 Å². The van der Waals surface area contributed by atoms with Gasteiger partial charge in [0.1, 0.15) is 5.82 Å². The number of pyridine rings is 1. The van der Waals surface area contributed by atoms with E-state index in [2.05, 4.69) is 31.3 Å². The Morgan fingerprint density at radius 2 is 2.29 bits per heavy atom. The number of halogens is 1. The van der Waals surface area contributed by atoms with E-state index in [1.165, 1.54) is 0 Å². The van der Waals surface area contributed by atoms with E-state index in [0.29, 0.717) is 12.4 Å². The van der Waals surface area contributed by atoms with Gasteiger partial charge < -0.3 is 10.1 Å². The first kappa shape index (κ1) is 15.5. The van der Waals surface area contributed by atoms with Crippen LogP contribution in [0.4, 0.5) is 11.5 Å². The Balaban J connectivity index is 2.18. The number of nitrogens with one attached hydrogen (secondary N) is 1. The second-order valence-electron chi connectivity index (χ2n) is 4.91. The summed E-state index contributed by atoms with van der Waals surface area (Å²) in [5.74, 6) is 0.365. The van der Waals surface area contributed by atoms with Gasteiger partial charge >= 0.3 is 5.97 Å². The van der Waals surface area contributed by atoms with E-state index in [-0.39, 0.29) is 5.97 Å². The lowest BCUT2D eigenvalue weighted by molar-refractivity contribution is -0.152. The highest BCUT2D eigenvalue weighted by molar-refractivity contribution is 9.10. The average molecular weight is 353 g/mol. The van der Waals surface area contributed by atoms with Crippen molar-refractivity contribution in [2.75, 3.05) is 11.9 Å². The molecule has 112 valence electrons. The Kier molecular flexibility index (Phi) is 4.62. The zero-order valence-corrected chi connectivity index (χ0v) is 13.7. The van der Waals surface area contributed by atoms with Gasteiger partial charge in [0.15, 0.2) is 5.54 Å². The molecule has 0 atom stereocenters. The van der Waals surface area contributed by atoms with Crippen LogP contribution < -0.4 is 5.32 Å². The molecule has 0 saturated carbocycles. The van der Waals surface area contributed by atoms with E-state index in [0.717, 1.165) is 10.2 Å². The van der Waals surface area contributed by atoms with Crippen LogP contribution in [0, 0.1) is 0 Å². The van der Waals surface area contributed by atoms with Gasteiger partial charge in [0.05, 0.1) is 23.0 Å². The van der Waals surface area contributed by atoms with Crippen LogP contribution >= 0.6 is 15.9 Å². The van der Waals surface area contributed by atoms with Crippen molar-refractivity contribution in [2.24, 2.45) is 0 Å². The summed E-state index contributed by atoms with van der Waals surface area (Å²) in [5, 5.41) is 7.37. The predicted molar refractivity (Wildman–Crippen MR) is 83.4 cm³/mol. The number of hydrogen-bond donors (Lipinski definition) is 1. The maximum absolute atomic E-state index is 12.0. The second-order valence-corrected chi connectivity index (χ2v) is 5.77. The lowest BCUT2D eigenvalue weighted by Gasteiger charge is -2.22. The lowest BCUT2D eigenvalue weighted by Crippen LogP contribution is -2.37. The molecule has 2 aromatic heterocycles. The molecule has 0 aliphatic carbocycles.